The van der Waals surface area contributed by atoms with Crippen LogP contribution in [0.25, 0.3) is 10.9 Å². The van der Waals surface area contributed by atoms with Crippen molar-refractivity contribution in [3.05, 3.63) is 65.9 Å². The van der Waals surface area contributed by atoms with E-state index in [4.69, 9.17) is 9.47 Å². The number of aromatic amines is 1. The lowest BCUT2D eigenvalue weighted by molar-refractivity contribution is -0.136. The molecule has 3 heterocycles. The first kappa shape index (κ1) is 24.3. The van der Waals surface area contributed by atoms with Crippen molar-refractivity contribution in [2.24, 2.45) is 0 Å². The quantitative estimate of drug-likeness (QED) is 0.362. The Kier molecular flexibility index (Phi) is 6.98. The largest absolute Gasteiger partial charge is 0.497 e. The summed E-state index contributed by atoms with van der Waals surface area (Å²) in [6.07, 6.45) is 1.96. The number of benzene rings is 2. The molecule has 1 spiro atoms. The Labute approximate surface area is 211 Å². The van der Waals surface area contributed by atoms with Crippen molar-refractivity contribution < 1.29 is 19.1 Å². The summed E-state index contributed by atoms with van der Waals surface area (Å²) in [5.74, 6) is 0.670. The van der Waals surface area contributed by atoms with Crippen LogP contribution in [0.15, 0.2) is 54.6 Å². The number of piperidine rings is 1. The molecule has 2 aromatic carbocycles. The predicted molar refractivity (Wildman–Crippen MR) is 138 cm³/mol. The van der Waals surface area contributed by atoms with E-state index in [2.05, 4.69) is 28.1 Å². The molecule has 0 bridgehead atoms. The summed E-state index contributed by atoms with van der Waals surface area (Å²) in [6, 6.07) is 17.8. The van der Waals surface area contributed by atoms with Crippen LogP contribution >= 0.6 is 0 Å². The van der Waals surface area contributed by atoms with Gasteiger partial charge in [-0.2, -0.15) is 0 Å². The van der Waals surface area contributed by atoms with Crippen molar-refractivity contribution in [3.8, 4) is 5.75 Å². The molecule has 2 fully saturated rings. The lowest BCUT2D eigenvalue weighted by atomic mass is 9.85. The van der Waals surface area contributed by atoms with Crippen LogP contribution in [0, 0.1) is 0 Å². The van der Waals surface area contributed by atoms with E-state index in [-0.39, 0.29) is 18.5 Å². The van der Waals surface area contributed by atoms with Crippen LogP contribution in [0.4, 0.5) is 4.79 Å². The number of amides is 3. The molecule has 3 amide bonds. The Morgan fingerprint density at radius 2 is 1.72 bits per heavy atom. The van der Waals surface area contributed by atoms with E-state index in [1.165, 1.54) is 16.0 Å². The van der Waals surface area contributed by atoms with Crippen molar-refractivity contribution >= 4 is 22.8 Å². The number of ether oxygens (including phenoxy) is 2. The second-order valence-electron chi connectivity index (χ2n) is 9.71. The monoisotopic (exact) mass is 490 g/mol. The van der Waals surface area contributed by atoms with Gasteiger partial charge in [-0.05, 0) is 54.5 Å². The number of urea groups is 1. The Balaban J connectivity index is 1.31. The van der Waals surface area contributed by atoms with Gasteiger partial charge in [0.25, 0.3) is 5.91 Å². The third-order valence-corrected chi connectivity index (χ3v) is 7.51. The lowest BCUT2D eigenvalue weighted by Crippen LogP contribution is -2.56. The topological polar surface area (TPSA) is 78.1 Å². The molecule has 2 saturated heterocycles. The van der Waals surface area contributed by atoms with Gasteiger partial charge in [0.2, 0.25) is 0 Å². The van der Waals surface area contributed by atoms with Gasteiger partial charge < -0.3 is 19.4 Å². The highest BCUT2D eigenvalue weighted by atomic mass is 16.5. The number of methoxy groups -OCH3 is 2. The van der Waals surface area contributed by atoms with Crippen LogP contribution < -0.4 is 4.74 Å². The fraction of sp³-hybridized carbons (Fsp3) is 0.429. The summed E-state index contributed by atoms with van der Waals surface area (Å²) in [4.78, 5) is 36.5. The molecular formula is C28H34N4O4. The van der Waals surface area contributed by atoms with Crippen LogP contribution in [0.1, 0.15) is 30.5 Å². The predicted octanol–water partition coefficient (Wildman–Crippen LogP) is 4.01. The van der Waals surface area contributed by atoms with Crippen molar-refractivity contribution in [2.45, 2.75) is 37.9 Å². The number of nitrogens with one attached hydrogen (secondary N) is 1. The molecule has 8 heteroatoms. The average Bonchev–Trinajstić information content (AvgIpc) is 3.39. The van der Waals surface area contributed by atoms with Crippen LogP contribution in [-0.4, -0.2) is 77.6 Å². The van der Waals surface area contributed by atoms with Crippen molar-refractivity contribution in [1.29, 1.82) is 0 Å². The molecule has 0 unspecified atom stereocenters. The molecule has 0 aliphatic carbocycles. The average molecular weight is 491 g/mol. The van der Waals surface area contributed by atoms with E-state index in [9.17, 15) is 9.59 Å². The summed E-state index contributed by atoms with van der Waals surface area (Å²) < 4.78 is 10.5. The molecule has 8 nitrogen and oxygen atoms in total. The van der Waals surface area contributed by atoms with Crippen LogP contribution in [0.5, 0.6) is 5.75 Å². The highest BCUT2D eigenvalue weighted by Gasteiger charge is 2.57. The molecule has 0 radical (unpaired) electrons. The zero-order chi connectivity index (χ0) is 25.1. The van der Waals surface area contributed by atoms with Gasteiger partial charge in [-0.3, -0.25) is 14.6 Å². The standard InChI is InChI=1S/C28H34N4O4/c1-35-17-5-14-32-27(34)31(19-21-8-10-24(36-2)11-9-21)26(33)28(32)12-15-30(16-13-28)20-23-18-22-6-3-4-7-25(22)29-23/h3-4,6-11,18,29H,5,12-17,19-20H2,1-2H3. The smallest absolute Gasteiger partial charge is 0.327 e. The summed E-state index contributed by atoms with van der Waals surface area (Å²) in [6.45, 7) is 3.64. The molecule has 190 valence electrons. The van der Waals surface area contributed by atoms with E-state index in [0.717, 1.165) is 36.5 Å². The summed E-state index contributed by atoms with van der Waals surface area (Å²) in [5.41, 5.74) is 2.42. The molecule has 3 aromatic rings. The highest BCUT2D eigenvalue weighted by molar-refractivity contribution is 6.07. The van der Waals surface area contributed by atoms with E-state index in [0.29, 0.717) is 32.4 Å². The van der Waals surface area contributed by atoms with Gasteiger partial charge in [0, 0.05) is 51.1 Å². The van der Waals surface area contributed by atoms with Gasteiger partial charge in [0.05, 0.1) is 13.7 Å². The molecule has 5 rings (SSSR count). The fourth-order valence-electron chi connectivity index (χ4n) is 5.54. The number of aromatic nitrogens is 1. The van der Waals surface area contributed by atoms with Crippen LogP contribution in [0.3, 0.4) is 0 Å². The second kappa shape index (κ2) is 10.3. The number of imide groups is 1. The minimum atomic E-state index is -0.783. The molecular weight excluding hydrogens is 456 g/mol. The Hall–Kier alpha value is -3.36. The maximum absolute atomic E-state index is 13.8. The first-order chi connectivity index (χ1) is 17.5. The third kappa shape index (κ3) is 4.58. The number of hydrogen-bond acceptors (Lipinski definition) is 5. The number of nitrogens with zero attached hydrogens (tertiary/aromatic N) is 3. The van der Waals surface area contributed by atoms with Gasteiger partial charge >= 0.3 is 6.03 Å². The summed E-state index contributed by atoms with van der Waals surface area (Å²) in [5, 5.41) is 1.20. The zero-order valence-electron chi connectivity index (χ0n) is 21.0. The second-order valence-corrected chi connectivity index (χ2v) is 9.71. The normalized spacial score (nSPS) is 18.1. The highest BCUT2D eigenvalue weighted by Crippen LogP contribution is 2.38. The van der Waals surface area contributed by atoms with Gasteiger partial charge in [-0.15, -0.1) is 0 Å². The van der Waals surface area contributed by atoms with Gasteiger partial charge in [-0.25, -0.2) is 4.79 Å². The lowest BCUT2D eigenvalue weighted by Gasteiger charge is -2.42. The number of likely N-dealkylation sites (tertiary alicyclic amines) is 1. The van der Waals surface area contributed by atoms with Gasteiger partial charge in [-0.1, -0.05) is 30.3 Å². The maximum atomic E-state index is 13.8. The fourth-order valence-corrected chi connectivity index (χ4v) is 5.54. The van der Waals surface area contributed by atoms with E-state index < -0.39 is 5.54 Å². The zero-order valence-corrected chi connectivity index (χ0v) is 21.0. The summed E-state index contributed by atoms with van der Waals surface area (Å²) >= 11 is 0. The molecule has 2 aliphatic heterocycles. The Morgan fingerprint density at radius 1 is 0.972 bits per heavy atom. The van der Waals surface area contributed by atoms with Crippen molar-refractivity contribution in [3.63, 3.8) is 0 Å². The number of rotatable bonds is 9. The number of para-hydroxylation sites is 1. The minimum absolute atomic E-state index is 0.0778. The number of carbonyl (C=O) groups excluding carboxylic acids is 2. The molecule has 2 aliphatic rings. The first-order valence-corrected chi connectivity index (χ1v) is 12.6. The van der Waals surface area contributed by atoms with Gasteiger partial charge in [0.15, 0.2) is 0 Å². The summed E-state index contributed by atoms with van der Waals surface area (Å²) in [7, 11) is 3.28. The molecule has 1 N–H and O–H groups in total. The molecule has 0 atom stereocenters. The van der Waals surface area contributed by atoms with Crippen LogP contribution in [-0.2, 0) is 22.6 Å². The number of fused-ring (bicyclic) bond motifs is 1. The number of hydrogen-bond donors (Lipinski definition) is 1. The van der Waals surface area contributed by atoms with Crippen molar-refractivity contribution in [1.82, 2.24) is 19.7 Å². The molecule has 1 aromatic heterocycles. The van der Waals surface area contributed by atoms with E-state index >= 15 is 0 Å². The third-order valence-electron chi connectivity index (χ3n) is 7.51. The van der Waals surface area contributed by atoms with Gasteiger partial charge in [0.1, 0.15) is 11.3 Å². The first-order valence-electron chi connectivity index (χ1n) is 12.6. The Bertz CT molecular complexity index is 1180. The van der Waals surface area contributed by atoms with Crippen LogP contribution in [0.2, 0.25) is 0 Å². The van der Waals surface area contributed by atoms with E-state index in [1.807, 2.05) is 41.3 Å². The minimum Gasteiger partial charge on any atom is -0.497 e. The Morgan fingerprint density at radius 3 is 2.42 bits per heavy atom. The van der Waals surface area contributed by atoms with Crippen molar-refractivity contribution in [2.75, 3.05) is 40.5 Å². The van der Waals surface area contributed by atoms with E-state index in [1.54, 1.807) is 14.2 Å². The maximum Gasteiger partial charge on any atom is 0.327 e. The molecule has 0 saturated carbocycles. The SMILES string of the molecule is COCCCN1C(=O)N(Cc2ccc(OC)cc2)C(=O)C12CCN(Cc1cc3ccccc3[nH]1)CC2. The number of carbonyl (C=O) groups is 2. The molecule has 36 heavy (non-hydrogen) atoms. The number of H-pyrrole nitrogens is 1.